The number of benzene rings is 2. The molecule has 1 aliphatic rings. The standard InChI is InChI=1S/C21H22N3O/c22-16-4-6-17(7-5-16)24-21-11-12-23-20-10-3-15(13-19(20)21)14-1-8-18(25)9-2-14/h1-3,8-10,12-13,16-17,25H,4-7,22H2,(H,23,24)/t16-,17-. The Kier molecular flexibility index (Phi) is 4.28. The lowest BCUT2D eigenvalue weighted by Crippen LogP contribution is -2.32. The fraction of sp³-hybridized carbons (Fsp3) is 0.286. The van der Waals surface area contributed by atoms with E-state index in [1.54, 1.807) is 18.3 Å². The van der Waals surface area contributed by atoms with Crippen LogP contribution in [0.2, 0.25) is 0 Å². The first-order valence-electron chi connectivity index (χ1n) is 8.81. The number of hydrogen-bond acceptors (Lipinski definition) is 4. The molecule has 0 spiro atoms. The average Bonchev–Trinajstić information content (AvgIpc) is 2.64. The van der Waals surface area contributed by atoms with Gasteiger partial charge in [-0.05, 0) is 61.1 Å². The Morgan fingerprint density at radius 3 is 2.48 bits per heavy atom. The van der Waals surface area contributed by atoms with E-state index in [-0.39, 0.29) is 5.75 Å². The second-order valence-electron chi connectivity index (χ2n) is 6.81. The summed E-state index contributed by atoms with van der Waals surface area (Å²) < 4.78 is 0. The monoisotopic (exact) mass is 332 g/mol. The van der Waals surface area contributed by atoms with Gasteiger partial charge in [0.05, 0.1) is 11.2 Å². The number of aromatic hydroxyl groups is 1. The van der Waals surface area contributed by atoms with E-state index in [1.165, 1.54) is 0 Å². The molecule has 4 heteroatoms. The van der Waals surface area contributed by atoms with Crippen LogP contribution in [0.5, 0.6) is 5.75 Å². The molecule has 1 radical (unpaired) electrons. The van der Waals surface area contributed by atoms with Crippen molar-refractivity contribution in [3.8, 4) is 16.9 Å². The zero-order valence-corrected chi connectivity index (χ0v) is 14.1. The molecular weight excluding hydrogens is 310 g/mol. The number of hydrogen-bond donors (Lipinski definition) is 3. The highest BCUT2D eigenvalue weighted by atomic mass is 16.3. The summed E-state index contributed by atoms with van der Waals surface area (Å²) in [5.74, 6) is 0.275. The van der Waals surface area contributed by atoms with E-state index in [4.69, 9.17) is 5.73 Å². The van der Waals surface area contributed by atoms with Crippen molar-refractivity contribution in [2.45, 2.75) is 37.8 Å². The van der Waals surface area contributed by atoms with Gasteiger partial charge in [-0.15, -0.1) is 0 Å². The van der Waals surface area contributed by atoms with Gasteiger partial charge in [0.15, 0.2) is 0 Å². The molecule has 4 N–H and O–H groups in total. The maximum Gasteiger partial charge on any atom is 0.115 e. The second kappa shape index (κ2) is 6.73. The van der Waals surface area contributed by atoms with Crippen LogP contribution in [0.4, 0.5) is 5.69 Å². The number of nitrogens with zero attached hydrogens (tertiary/aromatic N) is 1. The summed E-state index contributed by atoms with van der Waals surface area (Å²) in [6.45, 7) is 0. The van der Waals surface area contributed by atoms with E-state index in [9.17, 15) is 5.11 Å². The molecule has 0 unspecified atom stereocenters. The van der Waals surface area contributed by atoms with Crippen LogP contribution >= 0.6 is 0 Å². The maximum absolute atomic E-state index is 9.49. The molecule has 0 saturated heterocycles. The topological polar surface area (TPSA) is 71.2 Å². The summed E-state index contributed by atoms with van der Waals surface area (Å²) in [5.41, 5.74) is 10.1. The van der Waals surface area contributed by atoms with Gasteiger partial charge in [0.25, 0.3) is 0 Å². The molecule has 1 heterocycles. The number of nitrogens with two attached hydrogens (primary N) is 1. The largest absolute Gasteiger partial charge is 0.508 e. The van der Waals surface area contributed by atoms with E-state index < -0.39 is 0 Å². The van der Waals surface area contributed by atoms with Gasteiger partial charge < -0.3 is 16.2 Å². The quantitative estimate of drug-likeness (QED) is 0.675. The summed E-state index contributed by atoms with van der Waals surface area (Å²) in [6, 6.07) is 17.6. The van der Waals surface area contributed by atoms with Crippen molar-refractivity contribution in [2.24, 2.45) is 5.73 Å². The van der Waals surface area contributed by atoms with Gasteiger partial charge in [0, 0.05) is 29.7 Å². The normalized spacial score (nSPS) is 20.5. The van der Waals surface area contributed by atoms with Crippen molar-refractivity contribution in [3.05, 3.63) is 54.7 Å². The Balaban J connectivity index is 1.67. The zero-order chi connectivity index (χ0) is 17.2. The summed E-state index contributed by atoms with van der Waals surface area (Å²) in [6.07, 6.45) is 6.06. The van der Waals surface area contributed by atoms with Crippen LogP contribution in [0.3, 0.4) is 0 Å². The first-order chi connectivity index (χ1) is 12.2. The molecule has 0 amide bonds. The van der Waals surface area contributed by atoms with Crippen LogP contribution in [0.25, 0.3) is 22.0 Å². The third-order valence-electron chi connectivity index (χ3n) is 5.00. The Labute approximate surface area is 147 Å². The molecule has 0 aliphatic heterocycles. The second-order valence-corrected chi connectivity index (χ2v) is 6.81. The fourth-order valence-corrected chi connectivity index (χ4v) is 3.51. The molecule has 0 atom stereocenters. The van der Waals surface area contributed by atoms with Gasteiger partial charge in [0.1, 0.15) is 5.75 Å². The van der Waals surface area contributed by atoms with Gasteiger partial charge in [-0.2, -0.15) is 0 Å². The minimum Gasteiger partial charge on any atom is -0.508 e. The number of aromatic nitrogens is 1. The molecule has 3 aromatic rings. The molecule has 4 nitrogen and oxygen atoms in total. The highest BCUT2D eigenvalue weighted by Crippen LogP contribution is 2.30. The van der Waals surface area contributed by atoms with Gasteiger partial charge in [-0.25, -0.2) is 0 Å². The number of nitrogens with one attached hydrogen (secondary N) is 1. The fourth-order valence-electron chi connectivity index (χ4n) is 3.51. The summed E-state index contributed by atoms with van der Waals surface area (Å²) in [4.78, 5) is 4.44. The molecule has 1 aromatic heterocycles. The third kappa shape index (κ3) is 3.44. The Morgan fingerprint density at radius 2 is 1.72 bits per heavy atom. The average molecular weight is 332 g/mol. The van der Waals surface area contributed by atoms with Crippen LogP contribution in [-0.4, -0.2) is 22.2 Å². The molecule has 25 heavy (non-hydrogen) atoms. The number of pyridine rings is 1. The van der Waals surface area contributed by atoms with Crippen LogP contribution in [0, 0.1) is 6.07 Å². The number of phenols is 1. The maximum atomic E-state index is 9.49. The smallest absolute Gasteiger partial charge is 0.115 e. The van der Waals surface area contributed by atoms with Crippen LogP contribution in [0.15, 0.2) is 48.7 Å². The van der Waals surface area contributed by atoms with Gasteiger partial charge in [0.2, 0.25) is 0 Å². The molecule has 1 saturated carbocycles. The Morgan fingerprint density at radius 1 is 1.00 bits per heavy atom. The van der Waals surface area contributed by atoms with E-state index in [2.05, 4.69) is 28.5 Å². The zero-order valence-electron chi connectivity index (χ0n) is 14.1. The highest BCUT2D eigenvalue weighted by Gasteiger charge is 2.19. The summed E-state index contributed by atoms with van der Waals surface area (Å²) in [5, 5.41) is 14.2. The number of phenolic OH excluding ortho intramolecular Hbond substituents is 1. The van der Waals surface area contributed by atoms with Crippen molar-refractivity contribution in [2.75, 3.05) is 5.32 Å². The lowest BCUT2D eigenvalue weighted by Gasteiger charge is -2.28. The molecular formula is C21H22N3O. The van der Waals surface area contributed by atoms with Crippen LogP contribution in [-0.2, 0) is 0 Å². The van der Waals surface area contributed by atoms with Gasteiger partial charge in [-0.1, -0.05) is 18.2 Å². The molecule has 4 rings (SSSR count). The molecule has 0 bridgehead atoms. The predicted molar refractivity (Wildman–Crippen MR) is 102 cm³/mol. The van der Waals surface area contributed by atoms with E-state index in [0.29, 0.717) is 12.1 Å². The third-order valence-corrected chi connectivity index (χ3v) is 5.00. The Bertz CT molecular complexity index is 868. The molecule has 1 fully saturated rings. The lowest BCUT2D eigenvalue weighted by atomic mass is 9.91. The first kappa shape index (κ1) is 15.9. The van der Waals surface area contributed by atoms with Crippen molar-refractivity contribution in [1.82, 2.24) is 4.98 Å². The minimum absolute atomic E-state index is 0.275. The highest BCUT2D eigenvalue weighted by molar-refractivity contribution is 5.94. The predicted octanol–water partition coefficient (Wildman–Crippen LogP) is 4.09. The van der Waals surface area contributed by atoms with Gasteiger partial charge >= 0.3 is 0 Å². The van der Waals surface area contributed by atoms with Crippen molar-refractivity contribution >= 4 is 16.6 Å². The lowest BCUT2D eigenvalue weighted by molar-refractivity contribution is 0.411. The first-order valence-corrected chi connectivity index (χ1v) is 8.81. The Hall–Kier alpha value is -2.59. The van der Waals surface area contributed by atoms with Gasteiger partial charge in [-0.3, -0.25) is 4.98 Å². The number of rotatable bonds is 3. The molecule has 1 aliphatic carbocycles. The minimum atomic E-state index is 0.275. The van der Waals surface area contributed by atoms with Crippen molar-refractivity contribution in [3.63, 3.8) is 0 Å². The van der Waals surface area contributed by atoms with Crippen LogP contribution in [0.1, 0.15) is 25.7 Å². The molecule has 2 aromatic carbocycles. The number of anilines is 1. The SMILES string of the molecule is N[C@H]1CC[C@H](Nc2[c]cnc3ccc(-c4ccc(O)cc4)cc23)CC1. The summed E-state index contributed by atoms with van der Waals surface area (Å²) in [7, 11) is 0. The van der Waals surface area contributed by atoms with Crippen molar-refractivity contribution < 1.29 is 5.11 Å². The van der Waals surface area contributed by atoms with Crippen molar-refractivity contribution in [1.29, 1.82) is 0 Å². The van der Waals surface area contributed by atoms with Crippen LogP contribution < -0.4 is 11.1 Å². The van der Waals surface area contributed by atoms with E-state index in [1.807, 2.05) is 18.2 Å². The van der Waals surface area contributed by atoms with E-state index in [0.717, 1.165) is 53.4 Å². The van der Waals surface area contributed by atoms with E-state index >= 15 is 0 Å². The summed E-state index contributed by atoms with van der Waals surface area (Å²) >= 11 is 0. The molecule has 127 valence electrons. The number of fused-ring (bicyclic) bond motifs is 1.